The van der Waals surface area contributed by atoms with E-state index < -0.39 is 18.3 Å². The lowest BCUT2D eigenvalue weighted by molar-refractivity contribution is 0.0862. The highest BCUT2D eigenvalue weighted by atomic mass is 16.3. The smallest absolute Gasteiger partial charge is 0.113 e. The van der Waals surface area contributed by atoms with Gasteiger partial charge in [-0.25, -0.2) is 0 Å². The minimum absolute atomic E-state index is 0.236. The van der Waals surface area contributed by atoms with Crippen molar-refractivity contribution in [1.29, 1.82) is 0 Å². The molecule has 1 aromatic heterocycles. The van der Waals surface area contributed by atoms with Crippen LogP contribution in [-0.4, -0.2) is 33.6 Å². The van der Waals surface area contributed by atoms with Gasteiger partial charge in [0.1, 0.15) is 11.5 Å². The monoisotopic (exact) mass is 548 g/mol. The molecule has 1 heterocycles. The van der Waals surface area contributed by atoms with Gasteiger partial charge < -0.3 is 19.7 Å². The summed E-state index contributed by atoms with van der Waals surface area (Å²) in [6.07, 6.45) is 20.7. The lowest BCUT2D eigenvalue weighted by Crippen LogP contribution is -2.35. The molecule has 0 aromatic carbocycles. The fraction of sp³-hybridized carbons (Fsp3) is 0.667. The van der Waals surface area contributed by atoms with Crippen LogP contribution in [0.25, 0.3) is 0 Å². The van der Waals surface area contributed by atoms with Crippen molar-refractivity contribution in [3.8, 4) is 0 Å². The van der Waals surface area contributed by atoms with E-state index in [1.165, 1.54) is 44.1 Å². The third-order valence-electron chi connectivity index (χ3n) is 11.1. The molecule has 40 heavy (non-hydrogen) atoms. The average Bonchev–Trinajstić information content (AvgIpc) is 3.46. The van der Waals surface area contributed by atoms with Gasteiger partial charge in [0.25, 0.3) is 0 Å². The first-order valence-corrected chi connectivity index (χ1v) is 16.1. The Kier molecular flexibility index (Phi) is 9.00. The number of aliphatic hydroxyl groups excluding tert-OH is 3. The summed E-state index contributed by atoms with van der Waals surface area (Å²) in [5.74, 6) is 3.59. The fourth-order valence-electron chi connectivity index (χ4n) is 8.36. The molecule has 220 valence electrons. The molecule has 4 fully saturated rings. The summed E-state index contributed by atoms with van der Waals surface area (Å²) in [7, 11) is 0. The lowest BCUT2D eigenvalue weighted by atomic mass is 9.61. The highest BCUT2D eigenvalue weighted by molar-refractivity contribution is 5.39. The van der Waals surface area contributed by atoms with Crippen LogP contribution < -0.4 is 0 Å². The second-order valence-corrected chi connectivity index (χ2v) is 13.7. The van der Waals surface area contributed by atoms with Crippen LogP contribution in [0.3, 0.4) is 0 Å². The Balaban J connectivity index is 1.24. The Bertz CT molecular complexity index is 1130. The molecular weight excluding hydrogens is 496 g/mol. The molecule has 0 amide bonds. The third kappa shape index (κ3) is 5.87. The van der Waals surface area contributed by atoms with Gasteiger partial charge in [-0.1, -0.05) is 70.1 Å². The molecular formula is C36H52O4. The molecule has 4 aliphatic carbocycles. The zero-order valence-electron chi connectivity index (χ0n) is 25.1. The SMILES string of the molecule is C=C1/C(=C\C=C2/CCC[C@]3(C)[C@@H]([C@H](C)/C=C/[C@@H](O)C4(c5ccc(CCCCC)o5)CC4)CC[C@@H]23)C[C@@H](O)C[C@@H]1O. The van der Waals surface area contributed by atoms with Gasteiger partial charge in [0.15, 0.2) is 0 Å². The molecule has 4 aliphatic rings. The van der Waals surface area contributed by atoms with E-state index in [0.717, 1.165) is 54.8 Å². The molecule has 4 saturated carbocycles. The maximum atomic E-state index is 11.3. The first kappa shape index (κ1) is 29.6. The van der Waals surface area contributed by atoms with Gasteiger partial charge in [-0.05, 0) is 104 Å². The second kappa shape index (κ2) is 12.2. The van der Waals surface area contributed by atoms with Crippen LogP contribution in [0.5, 0.6) is 0 Å². The average molecular weight is 549 g/mol. The number of hydrogen-bond acceptors (Lipinski definition) is 4. The molecule has 0 unspecified atom stereocenters. The van der Waals surface area contributed by atoms with Crippen LogP contribution in [0, 0.1) is 23.2 Å². The zero-order chi connectivity index (χ0) is 28.5. The normalized spacial score (nSPS) is 35.4. The predicted octanol–water partition coefficient (Wildman–Crippen LogP) is 7.74. The van der Waals surface area contributed by atoms with Gasteiger partial charge in [0, 0.05) is 12.8 Å². The maximum absolute atomic E-state index is 11.3. The molecule has 1 aromatic rings. The van der Waals surface area contributed by atoms with Crippen LogP contribution in [0.15, 0.2) is 64.2 Å². The molecule has 7 atom stereocenters. The molecule has 4 heteroatoms. The molecule has 0 bridgehead atoms. The van der Waals surface area contributed by atoms with Crippen molar-refractivity contribution in [2.45, 2.75) is 128 Å². The van der Waals surface area contributed by atoms with Crippen LogP contribution in [0.2, 0.25) is 0 Å². The Morgan fingerprint density at radius 2 is 1.90 bits per heavy atom. The van der Waals surface area contributed by atoms with Gasteiger partial charge in [0.2, 0.25) is 0 Å². The van der Waals surface area contributed by atoms with Crippen molar-refractivity contribution < 1.29 is 19.7 Å². The summed E-state index contributed by atoms with van der Waals surface area (Å²) >= 11 is 0. The van der Waals surface area contributed by atoms with E-state index in [2.05, 4.69) is 63.8 Å². The summed E-state index contributed by atoms with van der Waals surface area (Å²) < 4.78 is 6.23. The minimum Gasteiger partial charge on any atom is -0.465 e. The summed E-state index contributed by atoms with van der Waals surface area (Å²) in [5.41, 5.74) is 3.29. The first-order chi connectivity index (χ1) is 19.2. The standard InChI is InChI=1S/C36H52O4/c1-5-6-7-10-29-14-18-34(40-29)36(20-21-36)33(39)17-11-24(2)30-15-16-31-26(9-8-19-35(30,31)4)12-13-27-22-28(37)23-32(38)25(27)3/h11-14,17-18,24,28,30-33,37-39H,3,5-10,15-16,19-23H2,1-2,4H3/b17-11+,26-12+,27-13-/t24-,28-,30-,31+,32+,33-,35-/m1/s1. The number of rotatable bonds is 10. The van der Waals surface area contributed by atoms with Crippen molar-refractivity contribution in [3.63, 3.8) is 0 Å². The quantitative estimate of drug-likeness (QED) is 0.207. The number of aliphatic hydroxyl groups is 3. The van der Waals surface area contributed by atoms with E-state index in [0.29, 0.717) is 30.6 Å². The van der Waals surface area contributed by atoms with E-state index in [1.54, 1.807) is 0 Å². The van der Waals surface area contributed by atoms with Gasteiger partial charge in [0.05, 0.1) is 23.7 Å². The van der Waals surface area contributed by atoms with E-state index in [9.17, 15) is 15.3 Å². The largest absolute Gasteiger partial charge is 0.465 e. The molecule has 0 spiro atoms. The molecule has 0 radical (unpaired) electrons. The van der Waals surface area contributed by atoms with E-state index in [1.807, 2.05) is 0 Å². The predicted molar refractivity (Wildman–Crippen MR) is 162 cm³/mol. The number of unbranched alkanes of at least 4 members (excludes halogenated alkanes) is 2. The summed E-state index contributed by atoms with van der Waals surface area (Å²) in [5, 5.41) is 31.7. The number of hydrogen-bond donors (Lipinski definition) is 3. The van der Waals surface area contributed by atoms with E-state index in [4.69, 9.17) is 4.42 Å². The molecule has 0 aliphatic heterocycles. The Hall–Kier alpha value is -1.88. The molecule has 0 saturated heterocycles. The summed E-state index contributed by atoms with van der Waals surface area (Å²) in [6.45, 7) is 11.1. The highest BCUT2D eigenvalue weighted by Gasteiger charge is 2.53. The van der Waals surface area contributed by atoms with Crippen molar-refractivity contribution in [2.75, 3.05) is 0 Å². The van der Waals surface area contributed by atoms with Crippen molar-refractivity contribution >= 4 is 0 Å². The van der Waals surface area contributed by atoms with Crippen LogP contribution in [0.1, 0.15) is 109 Å². The van der Waals surface area contributed by atoms with Crippen molar-refractivity contribution in [3.05, 3.63) is 71.3 Å². The molecule has 4 nitrogen and oxygen atoms in total. The van der Waals surface area contributed by atoms with Gasteiger partial charge in [-0.3, -0.25) is 0 Å². The van der Waals surface area contributed by atoms with Crippen molar-refractivity contribution in [1.82, 2.24) is 0 Å². The number of furan rings is 1. The number of aryl methyl sites for hydroxylation is 1. The molecule has 3 N–H and O–H groups in total. The van der Waals surface area contributed by atoms with Crippen molar-refractivity contribution in [2.24, 2.45) is 23.2 Å². The summed E-state index contributed by atoms with van der Waals surface area (Å²) in [4.78, 5) is 0. The van der Waals surface area contributed by atoms with Gasteiger partial charge >= 0.3 is 0 Å². The van der Waals surface area contributed by atoms with Gasteiger partial charge in [-0.2, -0.15) is 0 Å². The van der Waals surface area contributed by atoms with Crippen LogP contribution in [0.4, 0.5) is 0 Å². The number of fused-ring (bicyclic) bond motifs is 1. The summed E-state index contributed by atoms with van der Waals surface area (Å²) in [6, 6.07) is 4.22. The lowest BCUT2D eigenvalue weighted by Gasteiger charge is -2.44. The number of allylic oxidation sites excluding steroid dienone is 4. The first-order valence-electron chi connectivity index (χ1n) is 16.1. The Morgan fingerprint density at radius 3 is 2.65 bits per heavy atom. The fourth-order valence-corrected chi connectivity index (χ4v) is 8.36. The Morgan fingerprint density at radius 1 is 1.10 bits per heavy atom. The van der Waals surface area contributed by atoms with E-state index >= 15 is 0 Å². The topological polar surface area (TPSA) is 73.8 Å². The maximum Gasteiger partial charge on any atom is 0.113 e. The minimum atomic E-state index is -0.640. The van der Waals surface area contributed by atoms with Crippen LogP contribution in [-0.2, 0) is 11.8 Å². The van der Waals surface area contributed by atoms with Gasteiger partial charge in [-0.15, -0.1) is 0 Å². The highest BCUT2D eigenvalue weighted by Crippen LogP contribution is 2.60. The molecule has 5 rings (SSSR count). The van der Waals surface area contributed by atoms with Crippen LogP contribution >= 0.6 is 0 Å². The second-order valence-electron chi connectivity index (χ2n) is 13.7. The third-order valence-corrected chi connectivity index (χ3v) is 11.1. The Labute approximate surface area is 242 Å². The zero-order valence-corrected chi connectivity index (χ0v) is 25.1. The van der Waals surface area contributed by atoms with E-state index in [-0.39, 0.29) is 10.8 Å².